The number of unbranched alkanes of at least 4 members (excludes halogenated alkanes) is 1. The van der Waals surface area contributed by atoms with Crippen LogP contribution < -0.4 is 0 Å². The lowest BCUT2D eigenvalue weighted by Crippen LogP contribution is -2.06. The lowest BCUT2D eigenvalue weighted by molar-refractivity contribution is -0.132. The van der Waals surface area contributed by atoms with Gasteiger partial charge in [0.05, 0.1) is 0 Å². The second-order valence-corrected chi connectivity index (χ2v) is 5.53. The van der Waals surface area contributed by atoms with Crippen LogP contribution in [-0.4, -0.2) is 16.9 Å². The molecule has 0 spiro atoms. The van der Waals surface area contributed by atoms with Gasteiger partial charge in [0.2, 0.25) is 5.78 Å². The number of carbonyl (C=O) groups excluding carboxylic acids is 2. The van der Waals surface area contributed by atoms with Gasteiger partial charge < -0.3 is 9.84 Å². The molecule has 0 aromatic rings. The highest BCUT2D eigenvalue weighted by atomic mass is 16.5. The summed E-state index contributed by atoms with van der Waals surface area (Å²) in [6, 6.07) is 0. The fraction of sp³-hybridized carbons (Fsp3) is 0.368. The van der Waals surface area contributed by atoms with Crippen LogP contribution in [0.1, 0.15) is 40.0 Å². The van der Waals surface area contributed by atoms with Crippen molar-refractivity contribution in [2.75, 3.05) is 0 Å². The molecule has 0 bridgehead atoms. The molecule has 1 saturated heterocycles. The van der Waals surface area contributed by atoms with E-state index in [1.54, 1.807) is 13.0 Å². The molecule has 0 aliphatic carbocycles. The zero-order chi connectivity index (χ0) is 17.4. The highest BCUT2D eigenvalue weighted by molar-refractivity contribution is 6.28. The van der Waals surface area contributed by atoms with Crippen LogP contribution in [0.15, 0.2) is 59.6 Å². The van der Waals surface area contributed by atoms with Crippen molar-refractivity contribution in [3.8, 4) is 0 Å². The molecule has 1 aliphatic rings. The van der Waals surface area contributed by atoms with Gasteiger partial charge in [0.15, 0.2) is 11.3 Å². The average Bonchev–Trinajstić information content (AvgIpc) is 2.77. The number of cyclic esters (lactones) is 1. The molecule has 4 nitrogen and oxygen atoms in total. The maximum Gasteiger partial charge on any atom is 0.351 e. The molecule has 0 radical (unpaired) electrons. The topological polar surface area (TPSA) is 63.6 Å². The third-order valence-corrected chi connectivity index (χ3v) is 3.63. The minimum atomic E-state index is -0.847. The molecule has 1 heterocycles. The third-order valence-electron chi connectivity index (χ3n) is 3.63. The number of aliphatic hydroxyl groups excluding tert-OH is 1. The largest absolute Gasteiger partial charge is 0.507 e. The first-order valence-corrected chi connectivity index (χ1v) is 7.77. The molecule has 1 N–H and O–H groups in total. The molecule has 124 valence electrons. The standard InChI is InChI=1S/C19H24O4/c1-5-13(2)11-9-7-6-8-10-12-14(3)17(20)16-18(21)15(4)23-19(16)22/h6-7,9,11-13,20H,4-5,8,10H2,1-3H3/b7-6+,11-9+,14-12+,17-16?. The van der Waals surface area contributed by atoms with E-state index < -0.39 is 11.8 Å². The Morgan fingerprint density at radius 3 is 2.57 bits per heavy atom. The Hall–Kier alpha value is -2.36. The Bertz CT molecular complexity index is 603. The van der Waals surface area contributed by atoms with Gasteiger partial charge in [0, 0.05) is 0 Å². The van der Waals surface area contributed by atoms with Crippen molar-refractivity contribution in [3.05, 3.63) is 59.6 Å². The number of allylic oxidation sites excluding steroid dienone is 7. The number of ether oxygens (including phenoxy) is 1. The van der Waals surface area contributed by atoms with E-state index in [0.717, 1.165) is 12.8 Å². The average molecular weight is 316 g/mol. The molecule has 0 saturated carbocycles. The second-order valence-electron chi connectivity index (χ2n) is 5.53. The smallest absolute Gasteiger partial charge is 0.351 e. The SMILES string of the molecule is C=C1OC(=O)C(=C(O)/C(C)=C/CC/C=C/C=C/C(C)CC)C1=O. The summed E-state index contributed by atoms with van der Waals surface area (Å²) in [4.78, 5) is 23.2. The minimum Gasteiger partial charge on any atom is -0.507 e. The van der Waals surface area contributed by atoms with Crippen molar-refractivity contribution in [1.82, 2.24) is 0 Å². The summed E-state index contributed by atoms with van der Waals surface area (Å²) < 4.78 is 4.61. The summed E-state index contributed by atoms with van der Waals surface area (Å²) in [5.74, 6) is -1.51. The monoisotopic (exact) mass is 316 g/mol. The maximum absolute atomic E-state index is 11.7. The van der Waals surface area contributed by atoms with Gasteiger partial charge in [-0.25, -0.2) is 4.79 Å². The van der Waals surface area contributed by atoms with E-state index in [1.807, 2.05) is 18.2 Å². The summed E-state index contributed by atoms with van der Waals surface area (Å²) >= 11 is 0. The van der Waals surface area contributed by atoms with Gasteiger partial charge in [-0.3, -0.25) is 4.79 Å². The molecule has 4 heteroatoms. The van der Waals surface area contributed by atoms with Crippen LogP contribution in [-0.2, 0) is 14.3 Å². The third kappa shape index (κ3) is 5.40. The summed E-state index contributed by atoms with van der Waals surface area (Å²) in [5.41, 5.74) is 0.138. The van der Waals surface area contributed by atoms with E-state index in [2.05, 4.69) is 31.2 Å². The van der Waals surface area contributed by atoms with E-state index in [1.165, 1.54) is 0 Å². The predicted octanol–water partition coefficient (Wildman–Crippen LogP) is 4.32. The van der Waals surface area contributed by atoms with Crippen molar-refractivity contribution < 1.29 is 19.4 Å². The second kappa shape index (κ2) is 8.93. The number of esters is 1. The molecule has 23 heavy (non-hydrogen) atoms. The molecule has 0 aromatic heterocycles. The molecule has 1 rings (SSSR count). The van der Waals surface area contributed by atoms with Crippen LogP contribution in [0.25, 0.3) is 0 Å². The molecule has 1 unspecified atom stereocenters. The summed E-state index contributed by atoms with van der Waals surface area (Å²) in [6.45, 7) is 9.29. The van der Waals surface area contributed by atoms with Gasteiger partial charge in [-0.05, 0) is 31.3 Å². The summed E-state index contributed by atoms with van der Waals surface area (Å²) in [7, 11) is 0. The Morgan fingerprint density at radius 1 is 1.30 bits per heavy atom. The van der Waals surface area contributed by atoms with E-state index in [-0.39, 0.29) is 17.1 Å². The highest BCUT2D eigenvalue weighted by Gasteiger charge is 2.36. The molecule has 1 fully saturated rings. The normalized spacial score (nSPS) is 19.8. The lowest BCUT2D eigenvalue weighted by Gasteiger charge is -2.01. The van der Waals surface area contributed by atoms with Crippen molar-refractivity contribution in [2.45, 2.75) is 40.0 Å². The fourth-order valence-electron chi connectivity index (χ4n) is 1.90. The van der Waals surface area contributed by atoms with Gasteiger partial charge in [0.25, 0.3) is 0 Å². The van der Waals surface area contributed by atoms with Gasteiger partial charge in [-0.15, -0.1) is 0 Å². The van der Waals surface area contributed by atoms with Crippen LogP contribution >= 0.6 is 0 Å². The highest BCUT2D eigenvalue weighted by Crippen LogP contribution is 2.24. The van der Waals surface area contributed by atoms with Crippen LogP contribution in [0.5, 0.6) is 0 Å². The van der Waals surface area contributed by atoms with Crippen molar-refractivity contribution in [1.29, 1.82) is 0 Å². The molecule has 1 atom stereocenters. The first-order valence-electron chi connectivity index (χ1n) is 7.77. The number of Topliss-reactive ketones (excluding diaryl/α,β-unsaturated/α-hetero) is 1. The Labute approximate surface area is 137 Å². The fourth-order valence-corrected chi connectivity index (χ4v) is 1.90. The van der Waals surface area contributed by atoms with E-state index in [9.17, 15) is 14.7 Å². The molecule has 0 amide bonds. The molecule has 1 aliphatic heterocycles. The number of hydrogen-bond donors (Lipinski definition) is 1. The van der Waals surface area contributed by atoms with Crippen LogP contribution in [0.4, 0.5) is 0 Å². The zero-order valence-corrected chi connectivity index (χ0v) is 14.0. The number of rotatable bonds is 7. The van der Waals surface area contributed by atoms with Gasteiger partial charge in [0.1, 0.15) is 5.76 Å². The zero-order valence-electron chi connectivity index (χ0n) is 14.0. The summed E-state index contributed by atoms with van der Waals surface area (Å²) in [6.07, 6.45) is 12.6. The summed E-state index contributed by atoms with van der Waals surface area (Å²) in [5, 5.41) is 10.0. The van der Waals surface area contributed by atoms with Crippen LogP contribution in [0, 0.1) is 5.92 Å². The Balaban J connectivity index is 2.59. The van der Waals surface area contributed by atoms with E-state index in [4.69, 9.17) is 0 Å². The van der Waals surface area contributed by atoms with Crippen molar-refractivity contribution in [2.24, 2.45) is 5.92 Å². The van der Waals surface area contributed by atoms with Crippen LogP contribution in [0.2, 0.25) is 0 Å². The molecular weight excluding hydrogens is 292 g/mol. The molecular formula is C19H24O4. The van der Waals surface area contributed by atoms with Gasteiger partial charge in [-0.1, -0.05) is 57.2 Å². The Morgan fingerprint density at radius 2 is 2.00 bits per heavy atom. The molecule has 0 aromatic carbocycles. The number of aliphatic hydroxyl groups is 1. The van der Waals surface area contributed by atoms with E-state index in [0.29, 0.717) is 17.9 Å². The predicted molar refractivity (Wildman–Crippen MR) is 90.6 cm³/mol. The van der Waals surface area contributed by atoms with Crippen molar-refractivity contribution in [3.63, 3.8) is 0 Å². The number of hydrogen-bond acceptors (Lipinski definition) is 4. The lowest BCUT2D eigenvalue weighted by atomic mass is 10.1. The maximum atomic E-state index is 11.7. The van der Waals surface area contributed by atoms with Gasteiger partial charge >= 0.3 is 5.97 Å². The van der Waals surface area contributed by atoms with Gasteiger partial charge in [-0.2, -0.15) is 0 Å². The quantitative estimate of drug-likeness (QED) is 0.190. The first kappa shape index (κ1) is 18.7. The van der Waals surface area contributed by atoms with Crippen molar-refractivity contribution >= 4 is 11.8 Å². The minimum absolute atomic E-state index is 0.250. The first-order chi connectivity index (χ1) is 10.9. The van der Waals surface area contributed by atoms with E-state index >= 15 is 0 Å². The Kier molecular flexibility index (Phi) is 7.26. The van der Waals surface area contributed by atoms with Crippen LogP contribution in [0.3, 0.4) is 0 Å². The number of carbonyl (C=O) groups is 2. The number of ketones is 1.